The monoisotopic (exact) mass is 512 g/mol. The van der Waals surface area contributed by atoms with E-state index >= 15 is 0 Å². The maximum Gasteiger partial charge on any atom is 0.311 e. The number of nitrogens with zero attached hydrogens (tertiary/aromatic N) is 2. The van der Waals surface area contributed by atoms with Crippen molar-refractivity contribution < 1.29 is 33.4 Å². The first-order valence-corrected chi connectivity index (χ1v) is 13.3. The number of benzene rings is 1. The molecule has 3 aliphatic carbocycles. The molecule has 0 radical (unpaired) electrons. The summed E-state index contributed by atoms with van der Waals surface area (Å²) in [5.74, 6) is -0.337. The second-order valence-corrected chi connectivity index (χ2v) is 11.3. The summed E-state index contributed by atoms with van der Waals surface area (Å²) < 4.78 is 15.9. The largest absolute Gasteiger partial charge is 0.494 e. The van der Waals surface area contributed by atoms with Crippen LogP contribution < -0.4 is 4.74 Å². The number of methoxy groups -OCH3 is 1. The molecule has 1 atom stereocenters. The number of ether oxygens (including phenoxy) is 3. The van der Waals surface area contributed by atoms with Crippen LogP contribution >= 0.6 is 0 Å². The molecule has 0 N–H and O–H groups in total. The van der Waals surface area contributed by atoms with Crippen molar-refractivity contribution in [3.05, 3.63) is 29.8 Å². The van der Waals surface area contributed by atoms with Crippen LogP contribution in [0.4, 0.5) is 0 Å². The van der Waals surface area contributed by atoms with Gasteiger partial charge in [0.2, 0.25) is 5.91 Å². The summed E-state index contributed by atoms with van der Waals surface area (Å²) in [5.41, 5.74) is -0.790. The SMILES string of the molecule is CCCOc1ccc(C(=O)N2CC3(CCN(C(=O)C45CC(C(=O)OC)(C4)C5)CC3C(=O)OCC)C2)cc1. The molecule has 2 heterocycles. The van der Waals surface area contributed by atoms with Gasteiger partial charge in [-0.2, -0.15) is 0 Å². The van der Waals surface area contributed by atoms with Gasteiger partial charge in [-0.3, -0.25) is 19.2 Å². The molecule has 1 unspecified atom stereocenters. The molecule has 1 aromatic carbocycles. The van der Waals surface area contributed by atoms with Gasteiger partial charge in [-0.05, 0) is 63.3 Å². The number of hydrogen-bond acceptors (Lipinski definition) is 7. The van der Waals surface area contributed by atoms with Crippen molar-refractivity contribution in [2.24, 2.45) is 22.2 Å². The van der Waals surface area contributed by atoms with Gasteiger partial charge in [0.1, 0.15) is 5.75 Å². The van der Waals surface area contributed by atoms with Crippen molar-refractivity contribution in [2.75, 3.05) is 46.5 Å². The minimum absolute atomic E-state index is 0.0278. The van der Waals surface area contributed by atoms with Crippen molar-refractivity contribution in [1.82, 2.24) is 9.80 Å². The Morgan fingerprint density at radius 2 is 1.65 bits per heavy atom. The van der Waals surface area contributed by atoms with Gasteiger partial charge in [-0.25, -0.2) is 0 Å². The number of amides is 2. The number of carbonyl (C=O) groups is 4. The predicted molar refractivity (Wildman–Crippen MR) is 133 cm³/mol. The molecule has 1 spiro atoms. The first kappa shape index (κ1) is 25.5. The van der Waals surface area contributed by atoms with E-state index in [1.54, 1.807) is 41.0 Å². The summed E-state index contributed by atoms with van der Waals surface area (Å²) in [4.78, 5) is 55.2. The van der Waals surface area contributed by atoms with E-state index < -0.39 is 22.2 Å². The smallest absolute Gasteiger partial charge is 0.311 e. The zero-order valence-corrected chi connectivity index (χ0v) is 21.9. The second kappa shape index (κ2) is 9.33. The highest BCUT2D eigenvalue weighted by molar-refractivity contribution is 5.96. The Morgan fingerprint density at radius 3 is 2.24 bits per heavy atom. The average molecular weight is 513 g/mol. The Morgan fingerprint density at radius 1 is 0.973 bits per heavy atom. The minimum atomic E-state index is -0.494. The second-order valence-electron chi connectivity index (χ2n) is 11.3. The van der Waals surface area contributed by atoms with Gasteiger partial charge >= 0.3 is 11.9 Å². The van der Waals surface area contributed by atoms with Crippen molar-refractivity contribution >= 4 is 23.8 Å². The highest BCUT2D eigenvalue weighted by Crippen LogP contribution is 2.74. The fraction of sp³-hybridized carbons (Fsp3) is 0.643. The third kappa shape index (κ3) is 4.07. The van der Waals surface area contributed by atoms with Crippen LogP contribution in [-0.4, -0.2) is 80.1 Å². The summed E-state index contributed by atoms with van der Waals surface area (Å²) >= 11 is 0. The normalized spacial score (nSPS) is 28.9. The first-order valence-electron chi connectivity index (χ1n) is 13.3. The Labute approximate surface area is 217 Å². The van der Waals surface area contributed by atoms with E-state index in [1.165, 1.54) is 7.11 Å². The molecule has 1 aromatic rings. The zero-order chi connectivity index (χ0) is 26.4. The van der Waals surface area contributed by atoms with E-state index in [2.05, 4.69) is 0 Å². The first-order chi connectivity index (χ1) is 17.7. The van der Waals surface area contributed by atoms with Gasteiger partial charge in [0.25, 0.3) is 5.91 Å². The van der Waals surface area contributed by atoms with E-state index in [-0.39, 0.29) is 36.9 Å². The third-order valence-corrected chi connectivity index (χ3v) is 8.86. The van der Waals surface area contributed by atoms with Crippen LogP contribution in [0.25, 0.3) is 0 Å². The standard InChI is InChI=1S/C28H36N2O7/c1-4-12-37-20-8-6-19(7-9-20)22(31)30-17-26(18-30)10-11-29(13-21(26)23(32)36-5-2)24(33)27-14-28(15-27,16-27)25(34)35-3/h6-9,21H,4-5,10-18H2,1-3H3. The van der Waals surface area contributed by atoms with Crippen molar-refractivity contribution in [3.8, 4) is 5.75 Å². The number of likely N-dealkylation sites (tertiary alicyclic amines) is 2. The molecule has 2 amide bonds. The maximum absolute atomic E-state index is 13.4. The molecule has 2 saturated heterocycles. The summed E-state index contributed by atoms with van der Waals surface area (Å²) in [6, 6.07) is 7.15. The number of hydrogen-bond donors (Lipinski definition) is 0. The van der Waals surface area contributed by atoms with E-state index in [9.17, 15) is 19.2 Å². The summed E-state index contributed by atoms with van der Waals surface area (Å²) in [6.07, 6.45) is 3.13. The van der Waals surface area contributed by atoms with Crippen molar-refractivity contribution in [3.63, 3.8) is 0 Å². The highest BCUT2D eigenvalue weighted by Gasteiger charge is 2.76. The van der Waals surface area contributed by atoms with Gasteiger partial charge in [0.05, 0.1) is 37.1 Å². The van der Waals surface area contributed by atoms with Crippen LogP contribution in [0.3, 0.4) is 0 Å². The van der Waals surface area contributed by atoms with Gasteiger partial charge in [0.15, 0.2) is 0 Å². The lowest BCUT2D eigenvalue weighted by atomic mass is 9.34. The summed E-state index contributed by atoms with van der Waals surface area (Å²) in [6.45, 7) is 6.45. The highest BCUT2D eigenvalue weighted by atomic mass is 16.5. The van der Waals surface area contributed by atoms with E-state index in [1.807, 2.05) is 6.92 Å². The predicted octanol–water partition coefficient (Wildman–Crippen LogP) is 2.67. The lowest BCUT2D eigenvalue weighted by Crippen LogP contribution is -2.73. The Balaban J connectivity index is 1.23. The van der Waals surface area contributed by atoms with Gasteiger partial charge in [0, 0.05) is 37.2 Å². The van der Waals surface area contributed by atoms with Crippen molar-refractivity contribution in [1.29, 1.82) is 0 Å². The molecule has 5 fully saturated rings. The van der Waals surface area contributed by atoms with Gasteiger partial charge < -0.3 is 24.0 Å². The van der Waals surface area contributed by atoms with Crippen LogP contribution in [0, 0.1) is 22.2 Å². The minimum Gasteiger partial charge on any atom is -0.494 e. The molecule has 0 aromatic heterocycles. The Hall–Kier alpha value is -3.10. The third-order valence-electron chi connectivity index (χ3n) is 8.86. The molecule has 2 bridgehead atoms. The van der Waals surface area contributed by atoms with Crippen LogP contribution in [-0.2, 0) is 23.9 Å². The topological polar surface area (TPSA) is 102 Å². The quantitative estimate of drug-likeness (QED) is 0.494. The molecule has 9 nitrogen and oxygen atoms in total. The molecule has 9 heteroatoms. The Bertz CT molecular complexity index is 1070. The fourth-order valence-electron chi connectivity index (χ4n) is 6.90. The summed E-state index contributed by atoms with van der Waals surface area (Å²) in [7, 11) is 1.38. The zero-order valence-electron chi connectivity index (χ0n) is 21.9. The number of carbonyl (C=O) groups excluding carboxylic acids is 4. The van der Waals surface area contributed by atoms with Crippen LogP contribution in [0.5, 0.6) is 5.75 Å². The number of rotatable bonds is 8. The molecule has 2 aliphatic heterocycles. The van der Waals surface area contributed by atoms with Crippen LogP contribution in [0.2, 0.25) is 0 Å². The van der Waals surface area contributed by atoms with E-state index in [4.69, 9.17) is 14.2 Å². The lowest BCUT2D eigenvalue weighted by Gasteiger charge is -2.68. The molecule has 3 saturated carbocycles. The lowest BCUT2D eigenvalue weighted by molar-refractivity contribution is -0.230. The van der Waals surface area contributed by atoms with Crippen molar-refractivity contribution in [2.45, 2.75) is 46.0 Å². The van der Waals surface area contributed by atoms with Gasteiger partial charge in [-0.1, -0.05) is 6.92 Å². The van der Waals surface area contributed by atoms with Crippen LogP contribution in [0.15, 0.2) is 24.3 Å². The van der Waals surface area contributed by atoms with Gasteiger partial charge in [-0.15, -0.1) is 0 Å². The molecular weight excluding hydrogens is 476 g/mol. The molecule has 37 heavy (non-hydrogen) atoms. The maximum atomic E-state index is 13.4. The van der Waals surface area contributed by atoms with E-state index in [0.717, 1.165) is 12.2 Å². The molecule has 6 rings (SSSR count). The Kier molecular flexibility index (Phi) is 6.44. The average Bonchev–Trinajstić information content (AvgIpc) is 2.83. The fourth-order valence-corrected chi connectivity index (χ4v) is 6.90. The van der Waals surface area contributed by atoms with Crippen LogP contribution in [0.1, 0.15) is 56.3 Å². The molecule has 5 aliphatic rings. The van der Waals surface area contributed by atoms with E-state index in [0.29, 0.717) is 57.5 Å². The summed E-state index contributed by atoms with van der Waals surface area (Å²) in [5, 5.41) is 0. The number of piperidine rings is 1. The molecular formula is C28H36N2O7. The number of esters is 2. The molecule has 200 valence electrons.